The average molecular weight is 596 g/mol. The van der Waals surface area contributed by atoms with Crippen molar-refractivity contribution in [2.75, 3.05) is 26.0 Å². The number of piperazine rings is 1. The molecule has 1 amide bonds. The number of benzene rings is 1. The van der Waals surface area contributed by atoms with Crippen LogP contribution in [-0.2, 0) is 27.7 Å². The van der Waals surface area contributed by atoms with Crippen LogP contribution in [-0.4, -0.2) is 87.9 Å². The molecule has 0 unspecified atom stereocenters. The molecule has 2 aromatic rings. The minimum atomic E-state index is -3.36. The molecule has 0 radical (unpaired) electrons. The van der Waals surface area contributed by atoms with E-state index in [4.69, 9.17) is 5.26 Å². The van der Waals surface area contributed by atoms with Gasteiger partial charge in [-0.15, -0.1) is 0 Å². The zero-order chi connectivity index (χ0) is 25.1. The molecule has 0 spiro atoms. The summed E-state index contributed by atoms with van der Waals surface area (Å²) in [5, 5.41) is 8.32. The third kappa shape index (κ3) is 6.17. The number of imidazole rings is 1. The maximum absolute atomic E-state index is 13.2. The number of nitriles is 1. The SMILES string of the molecule is C[C@@H]([C@@H]1C[N]([Sn]([CH3])([CH3])[CH2]CF)C(=O)CN1Cc1cncn1Cc1ccc(C#N)cc1)S(C)(=O)=O. The van der Waals surface area contributed by atoms with E-state index in [0.717, 1.165) is 11.3 Å². The van der Waals surface area contributed by atoms with Crippen molar-refractivity contribution in [1.82, 2.24) is 17.6 Å². The number of hydrogen-bond donors (Lipinski definition) is 0. The van der Waals surface area contributed by atoms with Crippen molar-refractivity contribution in [2.24, 2.45) is 0 Å². The fourth-order valence-corrected chi connectivity index (χ4v) is 11.3. The normalized spacial score (nSPS) is 18.6. The van der Waals surface area contributed by atoms with Gasteiger partial charge in [0.25, 0.3) is 0 Å². The molecule has 0 saturated carbocycles. The molecule has 8 nitrogen and oxygen atoms in total. The topological polar surface area (TPSA) is 99.3 Å². The van der Waals surface area contributed by atoms with Crippen molar-refractivity contribution in [2.45, 2.75) is 45.6 Å². The van der Waals surface area contributed by atoms with Crippen LogP contribution in [0.2, 0.25) is 14.3 Å². The van der Waals surface area contributed by atoms with E-state index in [1.54, 1.807) is 31.6 Å². The van der Waals surface area contributed by atoms with Gasteiger partial charge in [0.15, 0.2) is 0 Å². The van der Waals surface area contributed by atoms with Gasteiger partial charge in [0, 0.05) is 0 Å². The standard InChI is InChI=1S/C19H23N5O3S.C2H4F.2CH3.Sn/c1-14(28(2,26)27)18-9-22-19(25)12-23(18)11-17-8-21-13-24(17)10-16-5-3-15(7-20)4-6-16;1-2-3;;;/h3-6,8,13-14,18H,9-12H2,1-2H3,(H,22,25);1-2H2;2*1H3;/q;;;;+1/p-1/t14-,18-;;;;/m0..../s1. The fourth-order valence-electron chi connectivity index (χ4n) is 4.35. The number of aromatic nitrogens is 2. The van der Waals surface area contributed by atoms with E-state index in [1.807, 2.05) is 34.6 Å². The summed E-state index contributed by atoms with van der Waals surface area (Å²) in [6.07, 6.45) is 4.66. The predicted octanol–water partition coefficient (Wildman–Crippen LogP) is 2.42. The Labute approximate surface area is 205 Å². The van der Waals surface area contributed by atoms with Gasteiger partial charge in [-0.3, -0.25) is 0 Å². The molecule has 1 aromatic carbocycles. The van der Waals surface area contributed by atoms with E-state index < -0.39 is 40.4 Å². The van der Waals surface area contributed by atoms with E-state index in [1.165, 1.54) is 6.26 Å². The van der Waals surface area contributed by atoms with Crippen molar-refractivity contribution < 1.29 is 17.6 Å². The number of alkyl halides is 1. The second-order valence-corrected chi connectivity index (χ2v) is 25.3. The van der Waals surface area contributed by atoms with Gasteiger partial charge in [0.1, 0.15) is 0 Å². The van der Waals surface area contributed by atoms with Crippen LogP contribution in [0.25, 0.3) is 0 Å². The molecule has 34 heavy (non-hydrogen) atoms. The average Bonchev–Trinajstić information content (AvgIpc) is 3.19. The Kier molecular flexibility index (Phi) is 8.42. The Morgan fingerprint density at radius 3 is 2.53 bits per heavy atom. The first kappa shape index (κ1) is 26.6. The number of amides is 1. The van der Waals surface area contributed by atoms with Gasteiger partial charge in [0.2, 0.25) is 0 Å². The van der Waals surface area contributed by atoms with Gasteiger partial charge >= 0.3 is 195 Å². The number of rotatable bonds is 9. The van der Waals surface area contributed by atoms with Gasteiger partial charge in [-0.25, -0.2) is 0 Å². The third-order valence-electron chi connectivity index (χ3n) is 6.73. The van der Waals surface area contributed by atoms with E-state index in [0.29, 0.717) is 29.6 Å². The Balaban J connectivity index is 1.86. The number of carbonyl (C=O) groups is 1. The van der Waals surface area contributed by atoms with Crippen molar-refractivity contribution in [3.8, 4) is 6.07 Å². The Hall–Kier alpha value is -1.97. The Bertz CT molecular complexity index is 1160. The molecule has 1 aliphatic heterocycles. The molecule has 2 atom stereocenters. The molecule has 1 fully saturated rings. The molecule has 11 heteroatoms. The molecule has 1 aliphatic rings. The zero-order valence-electron chi connectivity index (χ0n) is 20.1. The van der Waals surface area contributed by atoms with Crippen LogP contribution in [0.4, 0.5) is 4.39 Å². The molecule has 2 heterocycles. The fraction of sp³-hybridized carbons (Fsp3) is 0.522. The van der Waals surface area contributed by atoms with Gasteiger partial charge < -0.3 is 0 Å². The summed E-state index contributed by atoms with van der Waals surface area (Å²) in [5.74, 6) is -0.0515. The van der Waals surface area contributed by atoms with E-state index in [2.05, 4.69) is 11.1 Å². The number of sulfone groups is 1. The molecule has 0 N–H and O–H groups in total. The Morgan fingerprint density at radius 1 is 1.26 bits per heavy atom. The van der Waals surface area contributed by atoms with Crippen LogP contribution in [0.15, 0.2) is 36.8 Å². The summed E-state index contributed by atoms with van der Waals surface area (Å²) in [5.41, 5.74) is 2.45. The first-order valence-corrected chi connectivity index (χ1v) is 22.2. The van der Waals surface area contributed by atoms with Gasteiger partial charge in [-0.05, 0) is 0 Å². The van der Waals surface area contributed by atoms with Gasteiger partial charge in [0.05, 0.1) is 6.07 Å². The molecule has 0 aliphatic carbocycles. The van der Waals surface area contributed by atoms with E-state index in [-0.39, 0.29) is 18.5 Å². The number of hydrogen-bond acceptors (Lipinski definition) is 6. The molecule has 0 bridgehead atoms. The third-order valence-corrected chi connectivity index (χ3v) is 17.8. The number of nitrogens with zero attached hydrogens (tertiary/aromatic N) is 5. The summed E-state index contributed by atoms with van der Waals surface area (Å²) in [7, 11) is -3.36. The second kappa shape index (κ2) is 10.7. The second-order valence-electron chi connectivity index (χ2n) is 9.58. The maximum atomic E-state index is 13.2. The summed E-state index contributed by atoms with van der Waals surface area (Å²) in [6.45, 7) is 2.55. The van der Waals surface area contributed by atoms with Gasteiger partial charge in [-0.1, -0.05) is 0 Å². The number of carbonyl (C=O) groups excluding carboxylic acids is 1. The molecular weight excluding hydrogens is 564 g/mol. The predicted molar refractivity (Wildman–Crippen MR) is 131 cm³/mol. The van der Waals surface area contributed by atoms with Crippen LogP contribution in [0.3, 0.4) is 0 Å². The zero-order valence-corrected chi connectivity index (χ0v) is 23.8. The van der Waals surface area contributed by atoms with Crippen LogP contribution >= 0.6 is 0 Å². The van der Waals surface area contributed by atoms with Crippen LogP contribution < -0.4 is 0 Å². The minimum absolute atomic E-state index is 0.0515. The summed E-state index contributed by atoms with van der Waals surface area (Å²) < 4.78 is 42.4. The summed E-state index contributed by atoms with van der Waals surface area (Å²) in [4.78, 5) is 23.4. The van der Waals surface area contributed by atoms with E-state index in [9.17, 15) is 17.6 Å². The first-order chi connectivity index (χ1) is 16.0. The van der Waals surface area contributed by atoms with Crippen molar-refractivity contribution in [3.63, 3.8) is 0 Å². The molecular formula is C23H32FN5O3SSn. The number of halogens is 1. The molecule has 184 valence electrons. The van der Waals surface area contributed by atoms with Crippen molar-refractivity contribution in [1.29, 1.82) is 5.26 Å². The van der Waals surface area contributed by atoms with Crippen molar-refractivity contribution >= 4 is 34.4 Å². The monoisotopic (exact) mass is 597 g/mol. The molecule has 3 rings (SSSR count). The van der Waals surface area contributed by atoms with Crippen LogP contribution in [0.1, 0.15) is 23.7 Å². The first-order valence-electron chi connectivity index (χ1n) is 11.2. The van der Waals surface area contributed by atoms with Gasteiger partial charge in [-0.2, -0.15) is 5.26 Å². The summed E-state index contributed by atoms with van der Waals surface area (Å²) in [6, 6.07) is 9.02. The van der Waals surface area contributed by atoms with Crippen LogP contribution in [0, 0.1) is 11.3 Å². The Morgan fingerprint density at radius 2 is 1.94 bits per heavy atom. The molecule has 1 aromatic heterocycles. The summed E-state index contributed by atoms with van der Waals surface area (Å²) >= 11 is -3.18. The molecule has 1 saturated heterocycles. The quantitative estimate of drug-likeness (QED) is 0.413. The van der Waals surface area contributed by atoms with Crippen molar-refractivity contribution in [3.05, 3.63) is 53.6 Å². The van der Waals surface area contributed by atoms with Crippen LogP contribution in [0.5, 0.6) is 0 Å². The van der Waals surface area contributed by atoms with E-state index >= 15 is 0 Å².